The largest absolute Gasteiger partial charge is 0.198 e. The lowest BCUT2D eigenvalue weighted by Gasteiger charge is -1.95. The molecule has 0 N–H and O–H groups in total. The minimum absolute atomic E-state index is 0.167. The number of rotatable bonds is 2. The van der Waals surface area contributed by atoms with Crippen LogP contribution in [0.15, 0.2) is 0 Å². The van der Waals surface area contributed by atoms with E-state index in [9.17, 15) is 0 Å². The highest BCUT2D eigenvalue weighted by atomic mass is 14.3. The number of nitriles is 1. The summed E-state index contributed by atoms with van der Waals surface area (Å²) < 4.78 is 0. The van der Waals surface area contributed by atoms with Crippen molar-refractivity contribution in [2.45, 2.75) is 20.3 Å². The topological polar surface area (TPSA) is 23.8 Å². The Hall–Kier alpha value is -0.510. The maximum absolute atomic E-state index is 8.24. The molecule has 0 saturated carbocycles. The van der Waals surface area contributed by atoms with Gasteiger partial charge in [0.1, 0.15) is 0 Å². The van der Waals surface area contributed by atoms with Gasteiger partial charge < -0.3 is 0 Å². The Morgan fingerprint density at radius 1 is 1.86 bits per heavy atom. The zero-order chi connectivity index (χ0) is 5.70. The number of hydrogen-bond donors (Lipinski definition) is 0. The van der Waals surface area contributed by atoms with Gasteiger partial charge in [-0.3, -0.25) is 0 Å². The fraction of sp³-hybridized carbons (Fsp3) is 0.667. The van der Waals surface area contributed by atoms with Crippen LogP contribution in [-0.4, -0.2) is 0 Å². The lowest BCUT2D eigenvalue weighted by molar-refractivity contribution is 0.734. The highest BCUT2D eigenvalue weighted by molar-refractivity contribution is 4.89. The minimum atomic E-state index is 0.167. The molecule has 0 heterocycles. The second-order valence-electron chi connectivity index (χ2n) is 1.48. The summed E-state index contributed by atoms with van der Waals surface area (Å²) in [6.45, 7) is 3.92. The summed E-state index contributed by atoms with van der Waals surface area (Å²) in [5, 5.41) is 8.24. The molecule has 1 radical (unpaired) electrons. The molecule has 39 valence electrons. The summed E-state index contributed by atoms with van der Waals surface area (Å²) in [6.07, 6.45) is 2.85. The third kappa shape index (κ3) is 2.22. The van der Waals surface area contributed by atoms with Gasteiger partial charge in [-0.25, -0.2) is 0 Å². The van der Waals surface area contributed by atoms with Gasteiger partial charge in [-0.05, 0) is 12.8 Å². The van der Waals surface area contributed by atoms with E-state index in [-0.39, 0.29) is 5.92 Å². The average Bonchev–Trinajstić information content (AvgIpc) is 1.72. The molecule has 1 atom stereocenters. The minimum Gasteiger partial charge on any atom is -0.198 e. The molecule has 0 aromatic carbocycles. The molecule has 0 aromatic rings. The van der Waals surface area contributed by atoms with Gasteiger partial charge in [-0.2, -0.15) is 5.26 Å². The van der Waals surface area contributed by atoms with Crippen molar-refractivity contribution in [3.8, 4) is 6.07 Å². The molecule has 0 amide bonds. The van der Waals surface area contributed by atoms with Crippen molar-refractivity contribution >= 4 is 0 Å². The fourth-order valence-electron chi connectivity index (χ4n) is 0.402. The van der Waals surface area contributed by atoms with Crippen molar-refractivity contribution in [3.63, 3.8) is 0 Å². The Bertz CT molecular complexity index is 66.7. The maximum atomic E-state index is 8.24. The summed E-state index contributed by atoms with van der Waals surface area (Å²) in [5.41, 5.74) is 0. The van der Waals surface area contributed by atoms with Crippen LogP contribution in [0, 0.1) is 23.7 Å². The molecule has 0 aliphatic carbocycles. The Morgan fingerprint density at radius 3 is 2.43 bits per heavy atom. The van der Waals surface area contributed by atoms with Gasteiger partial charge in [0.2, 0.25) is 0 Å². The third-order valence-corrected chi connectivity index (χ3v) is 1.01. The van der Waals surface area contributed by atoms with Crippen LogP contribution in [0.5, 0.6) is 0 Å². The zero-order valence-electron chi connectivity index (χ0n) is 4.81. The predicted molar refractivity (Wildman–Crippen MR) is 29.4 cm³/mol. The van der Waals surface area contributed by atoms with E-state index in [0.29, 0.717) is 0 Å². The van der Waals surface area contributed by atoms with Gasteiger partial charge in [0.25, 0.3) is 0 Å². The first-order chi connectivity index (χ1) is 3.35. The van der Waals surface area contributed by atoms with E-state index in [1.807, 2.05) is 20.3 Å². The van der Waals surface area contributed by atoms with Crippen LogP contribution in [0.1, 0.15) is 20.3 Å². The van der Waals surface area contributed by atoms with Gasteiger partial charge in [0.15, 0.2) is 0 Å². The van der Waals surface area contributed by atoms with Crippen LogP contribution >= 0.6 is 0 Å². The second-order valence-corrected chi connectivity index (χ2v) is 1.48. The van der Waals surface area contributed by atoms with E-state index in [2.05, 4.69) is 6.07 Å². The fourth-order valence-corrected chi connectivity index (χ4v) is 0.402. The smallest absolute Gasteiger partial charge is 0.0658 e. The van der Waals surface area contributed by atoms with Crippen LogP contribution in [0.25, 0.3) is 0 Å². The zero-order valence-corrected chi connectivity index (χ0v) is 4.81. The summed E-state index contributed by atoms with van der Waals surface area (Å²) in [6, 6.07) is 2.15. The van der Waals surface area contributed by atoms with Crippen molar-refractivity contribution < 1.29 is 0 Å². The SMILES string of the molecule is C[CH]C(C#N)CC. The second kappa shape index (κ2) is 3.67. The van der Waals surface area contributed by atoms with E-state index in [1.165, 1.54) is 0 Å². The quantitative estimate of drug-likeness (QED) is 0.514. The predicted octanol–water partition coefficient (Wildman–Crippen LogP) is 1.76. The lowest BCUT2D eigenvalue weighted by atomic mass is 10.1. The Morgan fingerprint density at radius 2 is 2.43 bits per heavy atom. The van der Waals surface area contributed by atoms with E-state index in [4.69, 9.17) is 5.26 Å². The lowest BCUT2D eigenvalue weighted by Crippen LogP contribution is -1.90. The van der Waals surface area contributed by atoms with Gasteiger partial charge in [-0.1, -0.05) is 13.8 Å². The van der Waals surface area contributed by atoms with Crippen LogP contribution in [-0.2, 0) is 0 Å². The molecule has 0 bridgehead atoms. The Labute approximate surface area is 45.0 Å². The van der Waals surface area contributed by atoms with Gasteiger partial charge in [0, 0.05) is 5.92 Å². The van der Waals surface area contributed by atoms with Gasteiger partial charge in [0.05, 0.1) is 6.07 Å². The molecule has 0 fully saturated rings. The van der Waals surface area contributed by atoms with E-state index >= 15 is 0 Å². The molecular formula is C6H10N. The monoisotopic (exact) mass is 96.1 g/mol. The summed E-state index contributed by atoms with van der Waals surface area (Å²) in [4.78, 5) is 0. The van der Waals surface area contributed by atoms with Gasteiger partial charge >= 0.3 is 0 Å². The molecular weight excluding hydrogens is 86.1 g/mol. The molecule has 0 saturated heterocycles. The maximum Gasteiger partial charge on any atom is 0.0658 e. The molecule has 0 aromatic heterocycles. The van der Waals surface area contributed by atoms with E-state index < -0.39 is 0 Å². The van der Waals surface area contributed by atoms with Crippen molar-refractivity contribution in [2.75, 3.05) is 0 Å². The molecule has 1 nitrogen and oxygen atoms in total. The first kappa shape index (κ1) is 6.49. The highest BCUT2D eigenvalue weighted by Gasteiger charge is 1.96. The molecule has 0 aliphatic rings. The van der Waals surface area contributed by atoms with E-state index in [0.717, 1.165) is 6.42 Å². The summed E-state index contributed by atoms with van der Waals surface area (Å²) in [7, 11) is 0. The first-order valence-corrected chi connectivity index (χ1v) is 2.54. The molecule has 0 spiro atoms. The van der Waals surface area contributed by atoms with Crippen molar-refractivity contribution in [1.29, 1.82) is 5.26 Å². The van der Waals surface area contributed by atoms with Gasteiger partial charge in [-0.15, -0.1) is 0 Å². The molecule has 1 unspecified atom stereocenters. The summed E-state index contributed by atoms with van der Waals surface area (Å²) in [5.74, 6) is 0.167. The highest BCUT2D eigenvalue weighted by Crippen LogP contribution is 2.01. The summed E-state index contributed by atoms with van der Waals surface area (Å²) >= 11 is 0. The van der Waals surface area contributed by atoms with Crippen molar-refractivity contribution in [2.24, 2.45) is 5.92 Å². The van der Waals surface area contributed by atoms with Crippen LogP contribution in [0.2, 0.25) is 0 Å². The van der Waals surface area contributed by atoms with Crippen LogP contribution in [0.3, 0.4) is 0 Å². The third-order valence-electron chi connectivity index (χ3n) is 1.01. The van der Waals surface area contributed by atoms with Crippen LogP contribution in [0.4, 0.5) is 0 Å². The Balaban J connectivity index is 3.23. The molecule has 0 aliphatic heterocycles. The van der Waals surface area contributed by atoms with E-state index in [1.54, 1.807) is 0 Å². The average molecular weight is 96.2 g/mol. The molecule has 0 rings (SSSR count). The molecule has 1 heteroatoms. The van der Waals surface area contributed by atoms with Crippen molar-refractivity contribution in [3.05, 3.63) is 6.42 Å². The number of nitrogens with zero attached hydrogens (tertiary/aromatic N) is 1. The Kier molecular flexibility index (Phi) is 3.40. The van der Waals surface area contributed by atoms with Crippen LogP contribution < -0.4 is 0 Å². The normalized spacial score (nSPS) is 8.86. The first-order valence-electron chi connectivity index (χ1n) is 2.54. The number of hydrogen-bond acceptors (Lipinski definition) is 1. The molecule has 7 heavy (non-hydrogen) atoms. The van der Waals surface area contributed by atoms with Crippen molar-refractivity contribution in [1.82, 2.24) is 0 Å². The standard InChI is InChI=1S/C6H10N/c1-3-6(4-2)5-7/h3,6H,4H2,1-2H3.